The number of aromatic nitrogens is 4. The summed E-state index contributed by atoms with van der Waals surface area (Å²) in [7, 11) is 1.85. The summed E-state index contributed by atoms with van der Waals surface area (Å²) >= 11 is 0. The summed E-state index contributed by atoms with van der Waals surface area (Å²) in [6, 6.07) is 6.78. The number of ether oxygens (including phenoxy) is 1. The maximum Gasteiger partial charge on any atom is 0.307 e. The van der Waals surface area contributed by atoms with Crippen LogP contribution < -0.4 is 16.4 Å². The van der Waals surface area contributed by atoms with Crippen molar-refractivity contribution in [2.24, 2.45) is 5.92 Å². The highest BCUT2D eigenvalue weighted by atomic mass is 16.5. The molecule has 0 saturated carbocycles. The van der Waals surface area contributed by atoms with Crippen LogP contribution in [0.25, 0.3) is 11.2 Å². The Morgan fingerprint density at radius 3 is 2.58 bits per heavy atom. The second-order valence-electron chi connectivity index (χ2n) is 7.32. The topological polar surface area (TPSA) is 188 Å². The molecule has 12 heteroatoms. The zero-order valence-electron chi connectivity index (χ0n) is 17.8. The zero-order valence-corrected chi connectivity index (χ0v) is 17.8. The molecule has 172 valence electrons. The van der Waals surface area contributed by atoms with E-state index in [4.69, 9.17) is 11.5 Å². The van der Waals surface area contributed by atoms with E-state index in [1.807, 2.05) is 11.9 Å². The molecule has 2 heterocycles. The lowest BCUT2D eigenvalue weighted by Crippen LogP contribution is -2.20. The highest BCUT2D eigenvalue weighted by Crippen LogP contribution is 2.20. The Bertz CT molecular complexity index is 1170. The first kappa shape index (κ1) is 23.3. The van der Waals surface area contributed by atoms with E-state index in [2.05, 4.69) is 24.7 Å². The number of carbonyl (C=O) groups is 3. The third kappa shape index (κ3) is 5.87. The second-order valence-corrected chi connectivity index (χ2v) is 7.32. The van der Waals surface area contributed by atoms with Crippen molar-refractivity contribution in [2.75, 3.05) is 30.0 Å². The summed E-state index contributed by atoms with van der Waals surface area (Å²) in [5.41, 5.74) is 13.9. The standard InChI is InChI=1S/C21H23N7O5/c1-28(10-14-9-24-19-17(25-14)18(22)26-21(23)27-19)15-4-2-12(3-5-15)16(30)8-13(20(31)32)6-7-33-11-29/h2-5,9,11,13H,6-8,10H2,1H3,(H,31,32)(H4,22,23,24,26,27). The molecule has 3 rings (SSSR count). The molecule has 0 spiro atoms. The van der Waals surface area contributed by atoms with E-state index in [1.54, 1.807) is 30.5 Å². The molecule has 33 heavy (non-hydrogen) atoms. The van der Waals surface area contributed by atoms with Crippen LogP contribution in [0.3, 0.4) is 0 Å². The van der Waals surface area contributed by atoms with E-state index in [9.17, 15) is 19.5 Å². The smallest absolute Gasteiger partial charge is 0.307 e. The van der Waals surface area contributed by atoms with Gasteiger partial charge in [0, 0.05) is 24.7 Å². The van der Waals surface area contributed by atoms with Gasteiger partial charge in [-0.25, -0.2) is 9.97 Å². The molecule has 5 N–H and O–H groups in total. The van der Waals surface area contributed by atoms with Gasteiger partial charge in [0.25, 0.3) is 6.47 Å². The molecule has 0 aliphatic heterocycles. The van der Waals surface area contributed by atoms with Crippen LogP contribution in [-0.4, -0.2) is 56.9 Å². The number of hydrogen-bond donors (Lipinski definition) is 3. The number of carboxylic acid groups (broad SMARTS) is 1. The van der Waals surface area contributed by atoms with Crippen molar-refractivity contribution in [1.82, 2.24) is 19.9 Å². The van der Waals surface area contributed by atoms with Gasteiger partial charge in [-0.2, -0.15) is 9.97 Å². The van der Waals surface area contributed by atoms with Gasteiger partial charge in [-0.3, -0.25) is 14.4 Å². The molecule has 0 aliphatic rings. The number of nitrogen functional groups attached to an aromatic ring is 2. The number of benzene rings is 1. The van der Waals surface area contributed by atoms with Crippen LogP contribution in [0.1, 0.15) is 28.9 Å². The predicted molar refractivity (Wildman–Crippen MR) is 119 cm³/mol. The summed E-state index contributed by atoms with van der Waals surface area (Å²) < 4.78 is 4.54. The first-order valence-corrected chi connectivity index (χ1v) is 9.95. The Kier molecular flexibility index (Phi) is 7.28. The maximum absolute atomic E-state index is 12.5. The van der Waals surface area contributed by atoms with Crippen LogP contribution in [0, 0.1) is 5.92 Å². The van der Waals surface area contributed by atoms with Gasteiger partial charge in [-0.05, 0) is 30.7 Å². The second kappa shape index (κ2) is 10.3. The Morgan fingerprint density at radius 1 is 1.18 bits per heavy atom. The van der Waals surface area contributed by atoms with Crippen LogP contribution in [0.15, 0.2) is 30.5 Å². The van der Waals surface area contributed by atoms with E-state index >= 15 is 0 Å². The summed E-state index contributed by atoms with van der Waals surface area (Å²) in [5.74, 6) is -2.18. The SMILES string of the molecule is CN(Cc1cnc2nc(N)nc(N)c2n1)c1ccc(C(=O)CC(CCOC=O)C(=O)O)cc1. The number of nitrogens with two attached hydrogens (primary N) is 2. The molecule has 1 unspecified atom stereocenters. The Morgan fingerprint density at radius 2 is 1.91 bits per heavy atom. The largest absolute Gasteiger partial charge is 0.481 e. The molecule has 0 saturated heterocycles. The van der Waals surface area contributed by atoms with Crippen molar-refractivity contribution >= 4 is 46.8 Å². The molecule has 0 amide bonds. The summed E-state index contributed by atoms with van der Waals surface area (Å²) in [6.07, 6.45) is 1.45. The molecule has 0 radical (unpaired) electrons. The maximum atomic E-state index is 12.5. The molecule has 0 aliphatic carbocycles. The van der Waals surface area contributed by atoms with Gasteiger partial charge in [0.05, 0.1) is 31.0 Å². The van der Waals surface area contributed by atoms with Gasteiger partial charge in [-0.1, -0.05) is 0 Å². The van der Waals surface area contributed by atoms with Crippen molar-refractivity contribution in [2.45, 2.75) is 19.4 Å². The Balaban J connectivity index is 1.66. The van der Waals surface area contributed by atoms with E-state index in [0.717, 1.165) is 5.69 Å². The van der Waals surface area contributed by atoms with Gasteiger partial charge in [0.1, 0.15) is 0 Å². The van der Waals surface area contributed by atoms with Crippen molar-refractivity contribution in [3.05, 3.63) is 41.7 Å². The van der Waals surface area contributed by atoms with Crippen LogP contribution in [0.4, 0.5) is 17.5 Å². The van der Waals surface area contributed by atoms with Gasteiger partial charge < -0.3 is 26.2 Å². The summed E-state index contributed by atoms with van der Waals surface area (Å²) in [5, 5.41) is 9.29. The quantitative estimate of drug-likeness (QED) is 0.213. The fraction of sp³-hybridized carbons (Fsp3) is 0.286. The fourth-order valence-corrected chi connectivity index (χ4v) is 3.21. The molecular formula is C21H23N7O5. The van der Waals surface area contributed by atoms with Crippen LogP contribution >= 0.6 is 0 Å². The van der Waals surface area contributed by atoms with Gasteiger partial charge >= 0.3 is 5.97 Å². The average Bonchev–Trinajstić information content (AvgIpc) is 2.78. The third-order valence-electron chi connectivity index (χ3n) is 4.96. The number of aliphatic carboxylic acids is 1. The molecule has 0 bridgehead atoms. The minimum Gasteiger partial charge on any atom is -0.481 e. The predicted octanol–water partition coefficient (Wildman–Crippen LogP) is 1.06. The lowest BCUT2D eigenvalue weighted by molar-refractivity contribution is -0.143. The zero-order chi connectivity index (χ0) is 24.0. The van der Waals surface area contributed by atoms with Crippen molar-refractivity contribution in [3.8, 4) is 0 Å². The molecule has 1 atom stereocenters. The van der Waals surface area contributed by atoms with Crippen LogP contribution in [0.2, 0.25) is 0 Å². The van der Waals surface area contributed by atoms with Crippen molar-refractivity contribution in [3.63, 3.8) is 0 Å². The monoisotopic (exact) mass is 453 g/mol. The van der Waals surface area contributed by atoms with E-state index in [-0.39, 0.29) is 43.5 Å². The third-order valence-corrected chi connectivity index (χ3v) is 4.96. The summed E-state index contributed by atoms with van der Waals surface area (Å²) in [4.78, 5) is 52.6. The molecule has 0 fully saturated rings. The molecule has 1 aromatic carbocycles. The number of carboxylic acids is 1. The minimum absolute atomic E-state index is 0.0257. The molecule has 2 aromatic heterocycles. The van der Waals surface area contributed by atoms with Crippen molar-refractivity contribution in [1.29, 1.82) is 0 Å². The highest BCUT2D eigenvalue weighted by molar-refractivity contribution is 5.98. The fourth-order valence-electron chi connectivity index (χ4n) is 3.21. The van der Waals surface area contributed by atoms with Crippen LogP contribution in [-0.2, 0) is 20.9 Å². The minimum atomic E-state index is -1.11. The van der Waals surface area contributed by atoms with E-state index in [1.165, 1.54) is 0 Å². The highest BCUT2D eigenvalue weighted by Gasteiger charge is 2.22. The lowest BCUT2D eigenvalue weighted by Gasteiger charge is -2.19. The average molecular weight is 453 g/mol. The first-order chi connectivity index (χ1) is 15.8. The number of Topliss-reactive ketones (excluding diaryl/α,β-unsaturated/α-hetero) is 1. The number of anilines is 3. The number of hydrogen-bond acceptors (Lipinski definition) is 11. The van der Waals surface area contributed by atoms with Gasteiger partial charge in [0.15, 0.2) is 22.8 Å². The van der Waals surface area contributed by atoms with Crippen LogP contribution in [0.5, 0.6) is 0 Å². The molecule has 3 aromatic rings. The van der Waals surface area contributed by atoms with Gasteiger partial charge in [0.2, 0.25) is 5.95 Å². The number of fused-ring (bicyclic) bond motifs is 1. The number of carbonyl (C=O) groups excluding carboxylic acids is 2. The summed E-state index contributed by atoms with van der Waals surface area (Å²) in [6.45, 7) is 0.593. The normalized spacial score (nSPS) is 11.7. The Labute approximate surface area is 188 Å². The lowest BCUT2D eigenvalue weighted by atomic mass is 9.95. The molecule has 12 nitrogen and oxygen atoms in total. The van der Waals surface area contributed by atoms with E-state index < -0.39 is 11.9 Å². The van der Waals surface area contributed by atoms with Gasteiger partial charge in [-0.15, -0.1) is 0 Å². The number of ketones is 1. The first-order valence-electron chi connectivity index (χ1n) is 9.95. The Hall–Kier alpha value is -4.35. The number of rotatable bonds is 11. The molecular weight excluding hydrogens is 430 g/mol. The van der Waals surface area contributed by atoms with E-state index in [0.29, 0.717) is 29.0 Å². The number of nitrogens with zero attached hydrogens (tertiary/aromatic N) is 5. The van der Waals surface area contributed by atoms with Crippen molar-refractivity contribution < 1.29 is 24.2 Å².